The van der Waals surface area contributed by atoms with Gasteiger partial charge in [-0.2, -0.15) is 0 Å². The average Bonchev–Trinajstić information content (AvgIpc) is 3.26. The van der Waals surface area contributed by atoms with Gasteiger partial charge in [-0.1, -0.05) is 59.6 Å². The number of rotatable bonds is 5. The van der Waals surface area contributed by atoms with Crippen LogP contribution in [0.25, 0.3) is 0 Å². The number of benzene rings is 3. The van der Waals surface area contributed by atoms with Crippen molar-refractivity contribution in [2.75, 3.05) is 11.4 Å². The molecule has 0 N–H and O–H groups in total. The number of ether oxygens (including phenoxy) is 1. The summed E-state index contributed by atoms with van der Waals surface area (Å²) in [6, 6.07) is 22.3. The molecule has 0 radical (unpaired) electrons. The molecular formula is C27H20Cl2N2O5S. The third-order valence-corrected chi connectivity index (χ3v) is 8.54. The van der Waals surface area contributed by atoms with Crippen LogP contribution in [-0.2, 0) is 14.8 Å². The van der Waals surface area contributed by atoms with Crippen LogP contribution in [-0.4, -0.2) is 26.1 Å². The van der Waals surface area contributed by atoms with Gasteiger partial charge >= 0.3 is 5.97 Å². The van der Waals surface area contributed by atoms with Gasteiger partial charge in [-0.3, -0.25) is 9.36 Å². The first-order chi connectivity index (χ1) is 17.7. The van der Waals surface area contributed by atoms with Crippen molar-refractivity contribution in [3.63, 3.8) is 0 Å². The van der Waals surface area contributed by atoms with Gasteiger partial charge in [0.15, 0.2) is 0 Å². The standard InChI is InChI=1S/C27H20Cl2N2O5S/c1-36-27(33)19-4-2-5-22(16-19)37(34,35)31-23-6-3-7-24(32)30(23)25(17-8-12-20(28)13-9-17)26(31)18-10-14-21(29)15-11-18/h2-16,25-26H,1H3/t25-,26+/m0/s1. The van der Waals surface area contributed by atoms with E-state index >= 15 is 0 Å². The fraction of sp³-hybridized carbons (Fsp3) is 0.111. The van der Waals surface area contributed by atoms with Crippen molar-refractivity contribution in [1.82, 2.24) is 4.57 Å². The molecule has 1 aliphatic heterocycles. The van der Waals surface area contributed by atoms with Gasteiger partial charge < -0.3 is 4.74 Å². The molecule has 0 fully saturated rings. The zero-order chi connectivity index (χ0) is 26.3. The smallest absolute Gasteiger partial charge is 0.337 e. The normalized spacial score (nSPS) is 16.9. The number of esters is 1. The highest BCUT2D eigenvalue weighted by Crippen LogP contribution is 2.49. The molecule has 1 aromatic heterocycles. The molecule has 0 saturated heterocycles. The van der Waals surface area contributed by atoms with Crippen LogP contribution in [0.1, 0.15) is 33.6 Å². The van der Waals surface area contributed by atoms with E-state index in [2.05, 4.69) is 0 Å². The van der Waals surface area contributed by atoms with Crippen LogP contribution in [0.2, 0.25) is 10.0 Å². The molecule has 0 aliphatic carbocycles. The largest absolute Gasteiger partial charge is 0.465 e. The number of hydrogen-bond acceptors (Lipinski definition) is 5. The van der Waals surface area contributed by atoms with Crippen molar-refractivity contribution in [2.24, 2.45) is 0 Å². The molecule has 2 atom stereocenters. The van der Waals surface area contributed by atoms with Crippen molar-refractivity contribution in [3.05, 3.63) is 128 Å². The summed E-state index contributed by atoms with van der Waals surface area (Å²) in [5, 5.41) is 0.995. The van der Waals surface area contributed by atoms with Crippen molar-refractivity contribution in [3.8, 4) is 0 Å². The Morgan fingerprint density at radius 1 is 0.811 bits per heavy atom. The molecule has 7 nitrogen and oxygen atoms in total. The van der Waals surface area contributed by atoms with Crippen LogP contribution in [0.3, 0.4) is 0 Å². The molecular weight excluding hydrogens is 535 g/mol. The van der Waals surface area contributed by atoms with Crippen LogP contribution >= 0.6 is 23.2 Å². The summed E-state index contributed by atoms with van der Waals surface area (Å²) in [5.74, 6) is -0.473. The van der Waals surface area contributed by atoms with E-state index in [0.717, 1.165) is 0 Å². The molecule has 188 valence electrons. The minimum Gasteiger partial charge on any atom is -0.465 e. The Kier molecular flexibility index (Phi) is 6.58. The van der Waals surface area contributed by atoms with Crippen LogP contribution in [0.4, 0.5) is 5.82 Å². The van der Waals surface area contributed by atoms with Gasteiger partial charge in [0.05, 0.1) is 29.7 Å². The summed E-state index contributed by atoms with van der Waals surface area (Å²) in [6.45, 7) is 0. The Morgan fingerprint density at radius 2 is 1.38 bits per heavy atom. The number of fused-ring (bicyclic) bond motifs is 1. The second-order valence-electron chi connectivity index (χ2n) is 8.41. The second-order valence-corrected chi connectivity index (χ2v) is 11.1. The summed E-state index contributed by atoms with van der Waals surface area (Å²) in [4.78, 5) is 25.2. The van der Waals surface area contributed by atoms with E-state index in [9.17, 15) is 18.0 Å². The Labute approximate surface area is 223 Å². The van der Waals surface area contributed by atoms with Crippen LogP contribution in [0.15, 0.2) is 101 Å². The fourth-order valence-electron chi connectivity index (χ4n) is 4.62. The maximum Gasteiger partial charge on any atom is 0.337 e. The Morgan fingerprint density at radius 3 is 1.97 bits per heavy atom. The van der Waals surface area contributed by atoms with E-state index in [4.69, 9.17) is 27.9 Å². The lowest BCUT2D eigenvalue weighted by Crippen LogP contribution is -2.34. The van der Waals surface area contributed by atoms with Gasteiger partial charge in [0, 0.05) is 16.1 Å². The monoisotopic (exact) mass is 554 g/mol. The minimum atomic E-state index is -4.28. The summed E-state index contributed by atoms with van der Waals surface area (Å²) in [6.07, 6.45) is 0. The van der Waals surface area contributed by atoms with E-state index in [1.807, 2.05) is 0 Å². The van der Waals surface area contributed by atoms with Crippen molar-refractivity contribution in [1.29, 1.82) is 0 Å². The van der Waals surface area contributed by atoms with E-state index in [0.29, 0.717) is 21.2 Å². The first-order valence-corrected chi connectivity index (χ1v) is 13.4. The number of methoxy groups -OCH3 is 1. The molecule has 0 unspecified atom stereocenters. The van der Waals surface area contributed by atoms with Crippen LogP contribution in [0.5, 0.6) is 0 Å². The SMILES string of the molecule is COC(=O)c1cccc(S(=O)(=O)N2c3cccc(=O)n3[C@@H](c3ccc(Cl)cc3)[C@H]2c2ccc(Cl)cc2)c1. The van der Waals surface area contributed by atoms with E-state index < -0.39 is 28.1 Å². The predicted molar refractivity (Wildman–Crippen MR) is 142 cm³/mol. The molecule has 0 bridgehead atoms. The maximum absolute atomic E-state index is 14.3. The summed E-state index contributed by atoms with van der Waals surface area (Å²) < 4.78 is 36.0. The zero-order valence-electron chi connectivity index (χ0n) is 19.4. The number of carbonyl (C=O) groups is 1. The first kappa shape index (κ1) is 25.1. The number of sulfonamides is 1. The van der Waals surface area contributed by atoms with Crippen LogP contribution in [0, 0.1) is 0 Å². The molecule has 37 heavy (non-hydrogen) atoms. The van der Waals surface area contributed by atoms with Gasteiger partial charge in [-0.05, 0) is 59.7 Å². The molecule has 0 saturated carbocycles. The van der Waals surface area contributed by atoms with E-state index in [1.54, 1.807) is 54.6 Å². The summed E-state index contributed by atoms with van der Waals surface area (Å²) in [7, 11) is -3.06. The zero-order valence-corrected chi connectivity index (χ0v) is 21.7. The predicted octanol–water partition coefficient (Wildman–Crippen LogP) is 5.48. The third-order valence-electron chi connectivity index (χ3n) is 6.26. The first-order valence-electron chi connectivity index (χ1n) is 11.2. The third kappa shape index (κ3) is 4.41. The molecule has 1 aliphatic rings. The molecule has 0 spiro atoms. The lowest BCUT2D eigenvalue weighted by atomic mass is 9.94. The number of nitrogens with zero attached hydrogens (tertiary/aromatic N) is 2. The van der Waals surface area contributed by atoms with Gasteiger partial charge in [0.1, 0.15) is 5.82 Å². The van der Waals surface area contributed by atoms with E-state index in [-0.39, 0.29) is 21.8 Å². The quantitative estimate of drug-likeness (QED) is 0.305. The lowest BCUT2D eigenvalue weighted by molar-refractivity contribution is 0.0600. The molecule has 4 aromatic rings. The number of pyridine rings is 1. The van der Waals surface area contributed by atoms with Gasteiger partial charge in [0.25, 0.3) is 15.6 Å². The minimum absolute atomic E-state index is 0.0884. The Balaban J connectivity index is 1.78. The topological polar surface area (TPSA) is 85.7 Å². The fourth-order valence-corrected chi connectivity index (χ4v) is 6.55. The number of carbonyl (C=O) groups excluding carboxylic acids is 1. The number of aromatic nitrogens is 1. The number of anilines is 1. The molecule has 0 amide bonds. The van der Waals surface area contributed by atoms with Gasteiger partial charge in [-0.25, -0.2) is 17.5 Å². The number of hydrogen-bond donors (Lipinski definition) is 0. The number of halogens is 2. The van der Waals surface area contributed by atoms with Gasteiger partial charge in [0.2, 0.25) is 0 Å². The second kappa shape index (κ2) is 9.70. The molecule has 2 heterocycles. The average molecular weight is 555 g/mol. The van der Waals surface area contributed by atoms with Gasteiger partial charge in [-0.15, -0.1) is 0 Å². The molecule has 5 rings (SSSR count). The van der Waals surface area contributed by atoms with E-state index in [1.165, 1.54) is 52.4 Å². The Bertz CT molecular complexity index is 1650. The molecule has 10 heteroatoms. The van der Waals surface area contributed by atoms with Crippen molar-refractivity contribution >= 4 is 45.0 Å². The van der Waals surface area contributed by atoms with Crippen molar-refractivity contribution in [2.45, 2.75) is 17.0 Å². The maximum atomic E-state index is 14.3. The summed E-state index contributed by atoms with van der Waals surface area (Å²) >= 11 is 12.3. The highest BCUT2D eigenvalue weighted by molar-refractivity contribution is 7.92. The Hall–Kier alpha value is -3.59. The lowest BCUT2D eigenvalue weighted by Gasteiger charge is -2.29. The highest BCUT2D eigenvalue weighted by atomic mass is 35.5. The van der Waals surface area contributed by atoms with Crippen molar-refractivity contribution < 1.29 is 17.9 Å². The summed E-state index contributed by atoms with van der Waals surface area (Å²) in [5.41, 5.74) is 1.04. The van der Waals surface area contributed by atoms with Crippen LogP contribution < -0.4 is 9.86 Å². The molecule has 3 aromatic carbocycles. The highest BCUT2D eigenvalue weighted by Gasteiger charge is 2.47.